The van der Waals surface area contributed by atoms with Crippen LogP contribution in [0.3, 0.4) is 0 Å². The Hall–Kier alpha value is -3.42. The van der Waals surface area contributed by atoms with Gasteiger partial charge in [0.2, 0.25) is 0 Å². The van der Waals surface area contributed by atoms with E-state index in [1.54, 1.807) is 31.3 Å². The highest BCUT2D eigenvalue weighted by Crippen LogP contribution is 2.25. The summed E-state index contributed by atoms with van der Waals surface area (Å²) in [5.74, 6) is -1.14. The van der Waals surface area contributed by atoms with Gasteiger partial charge < -0.3 is 14.8 Å². The van der Waals surface area contributed by atoms with Crippen LogP contribution in [0.2, 0.25) is 0 Å². The fraction of sp³-hybridized carbons (Fsp3) is 0.176. The number of anilines is 1. The van der Waals surface area contributed by atoms with E-state index in [1.807, 2.05) is 0 Å². The Balaban J connectivity index is 2.06. The lowest BCUT2D eigenvalue weighted by atomic mass is 10.1. The topological polar surface area (TPSA) is 108 Å². The highest BCUT2D eigenvalue weighted by molar-refractivity contribution is 5.91. The molecule has 0 radical (unpaired) electrons. The van der Waals surface area contributed by atoms with Crippen LogP contribution in [0.4, 0.5) is 11.4 Å². The number of carbonyl (C=O) groups excluding carboxylic acids is 2. The molecule has 2 aromatic rings. The molecule has 2 rings (SSSR count). The van der Waals surface area contributed by atoms with Crippen LogP contribution in [0.1, 0.15) is 26.3 Å². The van der Waals surface area contributed by atoms with E-state index in [2.05, 4.69) is 10.1 Å². The maximum atomic E-state index is 12.1. The molecule has 8 heteroatoms. The van der Waals surface area contributed by atoms with Gasteiger partial charge in [0.1, 0.15) is 12.3 Å². The third kappa shape index (κ3) is 4.31. The van der Waals surface area contributed by atoms with E-state index in [4.69, 9.17) is 4.74 Å². The minimum Gasteiger partial charge on any atom is -0.465 e. The fourth-order valence-electron chi connectivity index (χ4n) is 2.11. The van der Waals surface area contributed by atoms with Gasteiger partial charge >= 0.3 is 11.9 Å². The van der Waals surface area contributed by atoms with Gasteiger partial charge in [0.15, 0.2) is 0 Å². The SMILES string of the molecule is CNc1ccc(C(=O)OCc2ccc(C(=O)OC)cc2)cc1[N+](=O)[O-]. The lowest BCUT2D eigenvalue weighted by molar-refractivity contribution is -0.384. The number of methoxy groups -OCH3 is 1. The zero-order valence-electron chi connectivity index (χ0n) is 13.6. The molecule has 25 heavy (non-hydrogen) atoms. The summed E-state index contributed by atoms with van der Waals surface area (Å²) in [6.07, 6.45) is 0. The summed E-state index contributed by atoms with van der Waals surface area (Å²) < 4.78 is 9.75. The number of esters is 2. The number of hydrogen-bond donors (Lipinski definition) is 1. The number of hydrogen-bond acceptors (Lipinski definition) is 7. The third-order valence-electron chi connectivity index (χ3n) is 3.44. The molecule has 0 aromatic heterocycles. The lowest BCUT2D eigenvalue weighted by Crippen LogP contribution is -2.07. The minimum atomic E-state index is -0.678. The first-order valence-corrected chi connectivity index (χ1v) is 7.27. The number of nitrogens with zero attached hydrogens (tertiary/aromatic N) is 1. The second-order valence-electron chi connectivity index (χ2n) is 5.00. The van der Waals surface area contributed by atoms with Crippen molar-refractivity contribution in [1.82, 2.24) is 0 Å². The minimum absolute atomic E-state index is 0.0259. The first-order valence-electron chi connectivity index (χ1n) is 7.27. The Morgan fingerprint density at radius 3 is 2.28 bits per heavy atom. The number of nitro groups is 1. The van der Waals surface area contributed by atoms with Crippen LogP contribution in [0.15, 0.2) is 42.5 Å². The lowest BCUT2D eigenvalue weighted by Gasteiger charge is -2.07. The number of benzene rings is 2. The summed E-state index contributed by atoms with van der Waals surface area (Å²) in [5.41, 5.74) is 1.23. The van der Waals surface area contributed by atoms with Crippen LogP contribution in [0.25, 0.3) is 0 Å². The van der Waals surface area contributed by atoms with Gasteiger partial charge in [-0.15, -0.1) is 0 Å². The van der Waals surface area contributed by atoms with Gasteiger partial charge in [-0.3, -0.25) is 10.1 Å². The van der Waals surface area contributed by atoms with E-state index in [0.29, 0.717) is 16.8 Å². The Kier molecular flexibility index (Phi) is 5.67. The van der Waals surface area contributed by atoms with Crippen LogP contribution in [0, 0.1) is 10.1 Å². The second kappa shape index (κ2) is 7.91. The van der Waals surface area contributed by atoms with Gasteiger partial charge in [-0.2, -0.15) is 0 Å². The molecule has 1 N–H and O–H groups in total. The van der Waals surface area contributed by atoms with Gasteiger partial charge in [-0.1, -0.05) is 12.1 Å². The maximum Gasteiger partial charge on any atom is 0.338 e. The number of rotatable bonds is 6. The molecule has 130 valence electrons. The zero-order chi connectivity index (χ0) is 18.4. The molecule has 0 saturated carbocycles. The number of nitro benzene ring substituents is 1. The van der Waals surface area contributed by atoms with Gasteiger partial charge in [-0.05, 0) is 29.8 Å². The molecule has 0 bridgehead atoms. The average Bonchev–Trinajstić information content (AvgIpc) is 2.65. The van der Waals surface area contributed by atoms with E-state index in [9.17, 15) is 19.7 Å². The second-order valence-corrected chi connectivity index (χ2v) is 5.00. The molecule has 8 nitrogen and oxygen atoms in total. The average molecular weight is 344 g/mol. The summed E-state index contributed by atoms with van der Waals surface area (Å²) in [7, 11) is 2.84. The molecule has 0 unspecified atom stereocenters. The quantitative estimate of drug-likeness (QED) is 0.487. The summed E-state index contributed by atoms with van der Waals surface area (Å²) in [5, 5.41) is 13.7. The monoisotopic (exact) mass is 344 g/mol. The number of ether oxygens (including phenoxy) is 2. The Bertz CT molecular complexity index is 801. The van der Waals surface area contributed by atoms with E-state index >= 15 is 0 Å². The van der Waals surface area contributed by atoms with E-state index in [0.717, 1.165) is 6.07 Å². The molecular formula is C17H16N2O6. The fourth-order valence-corrected chi connectivity index (χ4v) is 2.11. The number of nitrogens with one attached hydrogen (secondary N) is 1. The van der Waals surface area contributed by atoms with E-state index < -0.39 is 16.9 Å². The molecule has 0 spiro atoms. The summed E-state index contributed by atoms with van der Waals surface area (Å²) in [6.45, 7) is -0.0259. The Morgan fingerprint density at radius 1 is 1.08 bits per heavy atom. The predicted octanol–water partition coefficient (Wildman–Crippen LogP) is 2.78. The molecule has 0 atom stereocenters. The highest BCUT2D eigenvalue weighted by atomic mass is 16.6. The standard InChI is InChI=1S/C17H16N2O6/c1-18-14-8-7-13(9-15(14)19(22)23)17(21)25-10-11-3-5-12(6-4-11)16(20)24-2/h3-9,18H,10H2,1-2H3. The first-order chi connectivity index (χ1) is 12.0. The van der Waals surface area contributed by atoms with Crippen molar-refractivity contribution in [2.75, 3.05) is 19.5 Å². The van der Waals surface area contributed by atoms with Gasteiger partial charge in [-0.25, -0.2) is 9.59 Å². The van der Waals surface area contributed by atoms with Crippen molar-refractivity contribution in [3.63, 3.8) is 0 Å². The van der Waals surface area contributed by atoms with Crippen molar-refractivity contribution < 1.29 is 24.0 Å². The van der Waals surface area contributed by atoms with Crippen molar-refractivity contribution in [1.29, 1.82) is 0 Å². The summed E-state index contributed by atoms with van der Waals surface area (Å²) in [6, 6.07) is 10.4. The summed E-state index contributed by atoms with van der Waals surface area (Å²) >= 11 is 0. The van der Waals surface area contributed by atoms with Crippen LogP contribution < -0.4 is 5.32 Å². The Morgan fingerprint density at radius 2 is 1.72 bits per heavy atom. The van der Waals surface area contributed by atoms with Crippen LogP contribution in [0.5, 0.6) is 0 Å². The molecule has 0 aliphatic heterocycles. The normalized spacial score (nSPS) is 10.0. The van der Waals surface area contributed by atoms with Gasteiger partial charge in [0.25, 0.3) is 5.69 Å². The molecule has 0 aliphatic carbocycles. The van der Waals surface area contributed by atoms with Crippen LogP contribution >= 0.6 is 0 Å². The smallest absolute Gasteiger partial charge is 0.338 e. The first kappa shape index (κ1) is 17.9. The third-order valence-corrected chi connectivity index (χ3v) is 3.44. The van der Waals surface area contributed by atoms with Crippen molar-refractivity contribution in [2.45, 2.75) is 6.61 Å². The van der Waals surface area contributed by atoms with Crippen molar-refractivity contribution >= 4 is 23.3 Å². The predicted molar refractivity (Wildman–Crippen MR) is 89.5 cm³/mol. The molecule has 0 fully saturated rings. The number of carbonyl (C=O) groups is 2. The highest BCUT2D eigenvalue weighted by Gasteiger charge is 2.17. The van der Waals surface area contributed by atoms with Gasteiger partial charge in [0, 0.05) is 13.1 Å². The Labute approximate surface area is 143 Å². The molecular weight excluding hydrogens is 328 g/mol. The van der Waals surface area contributed by atoms with Crippen molar-refractivity contribution in [3.8, 4) is 0 Å². The molecule has 0 saturated heterocycles. The summed E-state index contributed by atoms with van der Waals surface area (Å²) in [4.78, 5) is 33.9. The van der Waals surface area contributed by atoms with Crippen molar-refractivity contribution in [2.24, 2.45) is 0 Å². The molecule has 2 aromatic carbocycles. The van der Waals surface area contributed by atoms with Crippen LogP contribution in [-0.2, 0) is 16.1 Å². The van der Waals surface area contributed by atoms with E-state index in [1.165, 1.54) is 19.2 Å². The van der Waals surface area contributed by atoms with Crippen LogP contribution in [-0.4, -0.2) is 31.0 Å². The van der Waals surface area contributed by atoms with Crippen molar-refractivity contribution in [3.05, 3.63) is 69.3 Å². The largest absolute Gasteiger partial charge is 0.465 e. The van der Waals surface area contributed by atoms with Gasteiger partial charge in [0.05, 0.1) is 23.2 Å². The zero-order valence-corrected chi connectivity index (χ0v) is 13.6. The maximum absolute atomic E-state index is 12.1. The molecule has 0 amide bonds. The molecule has 0 heterocycles. The van der Waals surface area contributed by atoms with E-state index in [-0.39, 0.29) is 17.9 Å². The molecule has 0 aliphatic rings.